The van der Waals surface area contributed by atoms with Crippen LogP contribution in [-0.4, -0.2) is 56.8 Å². The van der Waals surface area contributed by atoms with Gasteiger partial charge < -0.3 is 14.5 Å². The van der Waals surface area contributed by atoms with Crippen LogP contribution in [0.25, 0.3) is 0 Å². The van der Waals surface area contributed by atoms with Crippen molar-refractivity contribution in [1.29, 1.82) is 0 Å². The van der Waals surface area contributed by atoms with Gasteiger partial charge in [0.2, 0.25) is 5.95 Å². The maximum atomic E-state index is 13.9. The second-order valence-corrected chi connectivity index (χ2v) is 8.31. The zero-order chi connectivity index (χ0) is 22.6. The quantitative estimate of drug-likeness (QED) is 0.654. The van der Waals surface area contributed by atoms with Gasteiger partial charge in [-0.15, -0.1) is 0 Å². The number of aromatic nitrogens is 4. The average molecular weight is 460 g/mol. The Balaban J connectivity index is 1.53. The van der Waals surface area contributed by atoms with E-state index in [1.54, 1.807) is 0 Å². The van der Waals surface area contributed by atoms with Crippen molar-refractivity contribution >= 4 is 11.8 Å². The number of hydrogen-bond acceptors (Lipinski definition) is 6. The van der Waals surface area contributed by atoms with Crippen molar-refractivity contribution in [2.75, 3.05) is 22.9 Å². The van der Waals surface area contributed by atoms with Crippen molar-refractivity contribution in [3.63, 3.8) is 0 Å². The summed E-state index contributed by atoms with van der Waals surface area (Å²) in [6.07, 6.45) is -2.15. The SMILES string of the molecule is O=c1cc(N2CC3CCC(C2)O3)nc2n1CC[C@@H](C(F)(F)F)N2Cc1ccn(C(F)F)n1. The Hall–Kier alpha value is -2.70. The molecule has 0 radical (unpaired) electrons. The number of alkyl halides is 5. The Morgan fingerprint density at radius 2 is 1.88 bits per heavy atom. The molecule has 32 heavy (non-hydrogen) atoms. The van der Waals surface area contributed by atoms with Gasteiger partial charge in [0.1, 0.15) is 11.9 Å². The lowest BCUT2D eigenvalue weighted by molar-refractivity contribution is -0.153. The normalized spacial score (nSPS) is 25.5. The largest absolute Gasteiger partial charge is 0.408 e. The Labute approximate surface area is 179 Å². The molecule has 2 fully saturated rings. The molecule has 0 aliphatic carbocycles. The van der Waals surface area contributed by atoms with Crippen molar-refractivity contribution in [2.45, 2.75) is 63.3 Å². The maximum absolute atomic E-state index is 13.9. The lowest BCUT2D eigenvalue weighted by Gasteiger charge is -2.39. The molecule has 0 spiro atoms. The summed E-state index contributed by atoms with van der Waals surface area (Å²) in [5, 5.41) is 3.67. The molecule has 8 nitrogen and oxygen atoms in total. The molecule has 0 aromatic carbocycles. The summed E-state index contributed by atoms with van der Waals surface area (Å²) in [5.74, 6) is 0.166. The molecule has 3 aliphatic heterocycles. The molecule has 13 heteroatoms. The van der Waals surface area contributed by atoms with Crippen LogP contribution in [-0.2, 0) is 17.8 Å². The van der Waals surface area contributed by atoms with Gasteiger partial charge in [-0.05, 0) is 25.3 Å². The third kappa shape index (κ3) is 3.82. The fraction of sp³-hybridized carbons (Fsp3) is 0.632. The molecule has 2 aromatic rings. The first-order chi connectivity index (χ1) is 15.2. The minimum Gasteiger partial charge on any atom is -0.371 e. The summed E-state index contributed by atoms with van der Waals surface area (Å²) in [4.78, 5) is 20.1. The number of morpholine rings is 1. The summed E-state index contributed by atoms with van der Waals surface area (Å²) in [6.45, 7) is -2.43. The molecule has 2 bridgehead atoms. The molecule has 0 N–H and O–H groups in total. The van der Waals surface area contributed by atoms with Gasteiger partial charge in [-0.1, -0.05) is 0 Å². The van der Waals surface area contributed by atoms with Gasteiger partial charge in [0, 0.05) is 31.9 Å². The van der Waals surface area contributed by atoms with E-state index in [1.807, 2.05) is 4.90 Å². The Bertz CT molecular complexity index is 1040. The van der Waals surface area contributed by atoms with Crippen LogP contribution in [0.5, 0.6) is 0 Å². The van der Waals surface area contributed by atoms with Crippen molar-refractivity contribution in [2.24, 2.45) is 0 Å². The van der Waals surface area contributed by atoms with Crippen LogP contribution in [0.4, 0.5) is 33.7 Å². The van der Waals surface area contributed by atoms with Gasteiger partial charge in [0.15, 0.2) is 0 Å². The second kappa shape index (κ2) is 7.71. The summed E-state index contributed by atoms with van der Waals surface area (Å²) < 4.78 is 74.7. The highest BCUT2D eigenvalue weighted by Gasteiger charge is 2.47. The molecule has 5 rings (SSSR count). The van der Waals surface area contributed by atoms with E-state index in [0.29, 0.717) is 23.6 Å². The van der Waals surface area contributed by atoms with E-state index >= 15 is 0 Å². The minimum absolute atomic E-state index is 0.00618. The number of fused-ring (bicyclic) bond motifs is 3. The van der Waals surface area contributed by atoms with Crippen LogP contribution in [0.2, 0.25) is 0 Å². The van der Waals surface area contributed by atoms with Crippen molar-refractivity contribution in [1.82, 2.24) is 19.3 Å². The van der Waals surface area contributed by atoms with E-state index in [-0.39, 0.29) is 36.8 Å². The van der Waals surface area contributed by atoms with Crippen LogP contribution in [0.15, 0.2) is 23.1 Å². The molecule has 2 saturated heterocycles. The number of rotatable bonds is 4. The first-order valence-electron chi connectivity index (χ1n) is 10.4. The van der Waals surface area contributed by atoms with Crippen molar-refractivity contribution in [3.8, 4) is 0 Å². The van der Waals surface area contributed by atoms with Gasteiger partial charge in [-0.3, -0.25) is 9.36 Å². The fourth-order valence-corrected chi connectivity index (χ4v) is 4.69. The van der Waals surface area contributed by atoms with E-state index in [2.05, 4.69) is 10.1 Å². The zero-order valence-electron chi connectivity index (χ0n) is 16.9. The number of anilines is 2. The molecule has 2 aromatic heterocycles. The highest BCUT2D eigenvalue weighted by molar-refractivity contribution is 5.47. The van der Waals surface area contributed by atoms with Crippen molar-refractivity contribution < 1.29 is 26.7 Å². The summed E-state index contributed by atoms with van der Waals surface area (Å²) in [7, 11) is 0. The van der Waals surface area contributed by atoms with Crippen molar-refractivity contribution in [3.05, 3.63) is 34.4 Å². The molecule has 2 unspecified atom stereocenters. The number of ether oxygens (including phenoxy) is 1. The van der Waals surface area contributed by atoms with Gasteiger partial charge in [-0.25, -0.2) is 4.68 Å². The second-order valence-electron chi connectivity index (χ2n) is 8.31. The van der Waals surface area contributed by atoms with E-state index < -0.39 is 30.9 Å². The molecule has 0 saturated carbocycles. The lowest BCUT2D eigenvalue weighted by Crippen LogP contribution is -2.52. The van der Waals surface area contributed by atoms with Gasteiger partial charge in [0.05, 0.1) is 24.4 Å². The Kier molecular flexibility index (Phi) is 5.10. The predicted molar refractivity (Wildman–Crippen MR) is 103 cm³/mol. The number of halogens is 5. The number of nitrogens with zero attached hydrogens (tertiary/aromatic N) is 6. The Morgan fingerprint density at radius 3 is 2.50 bits per heavy atom. The van der Waals surface area contributed by atoms with Gasteiger partial charge in [-0.2, -0.15) is 32.0 Å². The zero-order valence-corrected chi connectivity index (χ0v) is 16.9. The van der Waals surface area contributed by atoms with E-state index in [9.17, 15) is 26.7 Å². The van der Waals surface area contributed by atoms with Crippen LogP contribution in [0.1, 0.15) is 31.5 Å². The fourth-order valence-electron chi connectivity index (χ4n) is 4.69. The molecule has 3 aliphatic rings. The molecule has 174 valence electrons. The molecular weight excluding hydrogens is 439 g/mol. The standard InChI is InChI=1S/C19H21F5N6O2/c20-17(21)30-6-3-11(26-30)8-29-14(19(22,23)24)4-5-28-16(31)7-15(25-18(28)29)27-9-12-1-2-13(10-27)32-12/h3,6-7,12-14,17H,1-2,4-5,8-10H2/t12?,13?,14-/m0/s1. The molecular formula is C19H21F5N6O2. The van der Waals surface area contributed by atoms with Crippen LogP contribution in [0.3, 0.4) is 0 Å². The van der Waals surface area contributed by atoms with Crippen LogP contribution >= 0.6 is 0 Å². The van der Waals surface area contributed by atoms with Gasteiger partial charge >= 0.3 is 12.7 Å². The molecule has 5 heterocycles. The summed E-state index contributed by atoms with van der Waals surface area (Å²) >= 11 is 0. The smallest absolute Gasteiger partial charge is 0.371 e. The lowest BCUT2D eigenvalue weighted by atomic mass is 10.1. The maximum Gasteiger partial charge on any atom is 0.408 e. The minimum atomic E-state index is -4.59. The average Bonchev–Trinajstić information content (AvgIpc) is 3.33. The third-order valence-electron chi connectivity index (χ3n) is 6.18. The highest BCUT2D eigenvalue weighted by atomic mass is 19.4. The molecule has 3 atom stereocenters. The third-order valence-corrected chi connectivity index (χ3v) is 6.18. The Morgan fingerprint density at radius 1 is 1.16 bits per heavy atom. The first-order valence-corrected chi connectivity index (χ1v) is 10.4. The van der Waals surface area contributed by atoms with Gasteiger partial charge in [0.25, 0.3) is 5.56 Å². The highest BCUT2D eigenvalue weighted by Crippen LogP contribution is 2.36. The van der Waals surface area contributed by atoms with Crippen LogP contribution < -0.4 is 15.4 Å². The molecule has 0 amide bonds. The first kappa shape index (κ1) is 21.2. The van der Waals surface area contributed by atoms with E-state index in [0.717, 1.165) is 23.9 Å². The van der Waals surface area contributed by atoms with Crippen LogP contribution in [0, 0.1) is 0 Å². The van der Waals surface area contributed by atoms with E-state index in [4.69, 9.17) is 4.74 Å². The monoisotopic (exact) mass is 460 g/mol. The topological polar surface area (TPSA) is 68.4 Å². The van der Waals surface area contributed by atoms with E-state index in [1.165, 1.54) is 16.7 Å². The predicted octanol–water partition coefficient (Wildman–Crippen LogP) is 2.54. The summed E-state index contributed by atoms with van der Waals surface area (Å²) in [5.41, 5.74) is -0.426. The summed E-state index contributed by atoms with van der Waals surface area (Å²) in [6, 6.07) is 0.661. The number of hydrogen-bond donors (Lipinski definition) is 0.